The van der Waals surface area contributed by atoms with Crippen LogP contribution in [0.5, 0.6) is 5.75 Å². The van der Waals surface area contributed by atoms with Crippen molar-refractivity contribution < 1.29 is 22.7 Å². The quantitative estimate of drug-likeness (QED) is 0.359. The fourth-order valence-electron chi connectivity index (χ4n) is 4.57. The highest BCUT2D eigenvalue weighted by Gasteiger charge is 2.29. The minimum Gasteiger partial charge on any atom is -0.497 e. The first-order chi connectivity index (χ1) is 17.7. The van der Waals surface area contributed by atoms with Crippen molar-refractivity contribution in [3.05, 3.63) is 76.6 Å². The van der Waals surface area contributed by atoms with Crippen molar-refractivity contribution in [3.8, 4) is 5.75 Å². The van der Waals surface area contributed by atoms with Gasteiger partial charge in [0.1, 0.15) is 5.75 Å². The van der Waals surface area contributed by atoms with E-state index >= 15 is 0 Å². The molecule has 0 saturated carbocycles. The Hall–Kier alpha value is -2.88. The van der Waals surface area contributed by atoms with Gasteiger partial charge < -0.3 is 18.9 Å². The molecule has 3 aromatic rings. The van der Waals surface area contributed by atoms with Crippen molar-refractivity contribution in [2.75, 3.05) is 20.3 Å². The van der Waals surface area contributed by atoms with Gasteiger partial charge in [-0.2, -0.15) is 0 Å². The summed E-state index contributed by atoms with van der Waals surface area (Å²) in [4.78, 5) is 19.6. The van der Waals surface area contributed by atoms with Gasteiger partial charge in [-0.3, -0.25) is 4.79 Å². The number of methoxy groups -OCH3 is 1. The Morgan fingerprint density at radius 2 is 2.03 bits per heavy atom. The van der Waals surface area contributed by atoms with Gasteiger partial charge in [0.15, 0.2) is 0 Å². The number of amides is 1. The lowest BCUT2D eigenvalue weighted by atomic mass is 10.1. The molecule has 1 aromatic heterocycles. The average molecular weight is 546 g/mol. The second-order valence-corrected chi connectivity index (χ2v) is 11.8. The smallest absolute Gasteiger partial charge is 0.254 e. The van der Waals surface area contributed by atoms with Crippen LogP contribution in [0.2, 0.25) is 5.02 Å². The van der Waals surface area contributed by atoms with E-state index in [0.29, 0.717) is 40.7 Å². The van der Waals surface area contributed by atoms with Crippen LogP contribution in [0.3, 0.4) is 0 Å². The van der Waals surface area contributed by atoms with E-state index in [1.165, 1.54) is 0 Å². The summed E-state index contributed by atoms with van der Waals surface area (Å²) in [6, 6.07) is 13.6. The van der Waals surface area contributed by atoms with Gasteiger partial charge in [-0.25, -0.2) is 13.4 Å². The minimum absolute atomic E-state index is 0.0247. The molecule has 198 valence electrons. The van der Waals surface area contributed by atoms with Crippen LogP contribution >= 0.6 is 11.6 Å². The van der Waals surface area contributed by atoms with Crippen LogP contribution in [-0.2, 0) is 26.9 Å². The largest absolute Gasteiger partial charge is 0.497 e. The van der Waals surface area contributed by atoms with Crippen LogP contribution in [0.1, 0.15) is 54.3 Å². The van der Waals surface area contributed by atoms with E-state index < -0.39 is 9.84 Å². The zero-order valence-electron chi connectivity index (χ0n) is 21.3. The molecule has 2 aromatic carbocycles. The van der Waals surface area contributed by atoms with Gasteiger partial charge in [-0.05, 0) is 62.6 Å². The van der Waals surface area contributed by atoms with E-state index in [9.17, 15) is 13.2 Å². The van der Waals surface area contributed by atoms with Crippen molar-refractivity contribution in [3.63, 3.8) is 0 Å². The Labute approximate surface area is 223 Å². The van der Waals surface area contributed by atoms with Gasteiger partial charge in [-0.15, -0.1) is 0 Å². The van der Waals surface area contributed by atoms with Gasteiger partial charge in [0, 0.05) is 29.8 Å². The number of halogens is 1. The Kier molecular flexibility index (Phi) is 8.56. The van der Waals surface area contributed by atoms with Gasteiger partial charge >= 0.3 is 0 Å². The van der Waals surface area contributed by atoms with E-state index in [4.69, 9.17) is 21.1 Å². The second kappa shape index (κ2) is 11.7. The topological polar surface area (TPSA) is 90.7 Å². The Bertz CT molecular complexity index is 1350. The monoisotopic (exact) mass is 545 g/mol. The molecule has 2 heterocycles. The molecule has 37 heavy (non-hydrogen) atoms. The zero-order valence-corrected chi connectivity index (χ0v) is 22.8. The lowest BCUT2D eigenvalue weighted by Gasteiger charge is -2.27. The third-order valence-electron chi connectivity index (χ3n) is 6.28. The van der Waals surface area contributed by atoms with E-state index in [-0.39, 0.29) is 35.5 Å². The van der Waals surface area contributed by atoms with E-state index in [2.05, 4.69) is 4.98 Å². The molecule has 1 unspecified atom stereocenters. The molecule has 0 spiro atoms. The van der Waals surface area contributed by atoms with Gasteiger partial charge in [0.2, 0.25) is 15.0 Å². The summed E-state index contributed by atoms with van der Waals surface area (Å²) in [5.74, 6) is 0.179. The molecule has 0 N–H and O–H groups in total. The highest BCUT2D eigenvalue weighted by molar-refractivity contribution is 7.90. The zero-order chi connectivity index (χ0) is 26.6. The van der Waals surface area contributed by atoms with Crippen LogP contribution in [0, 0.1) is 0 Å². The summed E-state index contributed by atoms with van der Waals surface area (Å²) < 4.78 is 39.6. The number of imidazole rings is 1. The predicted molar refractivity (Wildman–Crippen MR) is 142 cm³/mol. The number of nitrogens with zero attached hydrogens (tertiary/aromatic N) is 3. The third-order valence-corrected chi connectivity index (χ3v) is 8.09. The van der Waals surface area contributed by atoms with Crippen LogP contribution in [0.15, 0.2) is 59.9 Å². The third kappa shape index (κ3) is 6.52. The number of hydrogen-bond donors (Lipinski definition) is 0. The van der Waals surface area contributed by atoms with Gasteiger partial charge in [0.25, 0.3) is 5.91 Å². The normalized spacial score (nSPS) is 15.8. The summed E-state index contributed by atoms with van der Waals surface area (Å²) in [5.41, 5.74) is 1.70. The fourth-order valence-corrected chi connectivity index (χ4v) is 6.38. The van der Waals surface area contributed by atoms with Crippen molar-refractivity contribution >= 4 is 27.3 Å². The summed E-state index contributed by atoms with van der Waals surface area (Å²) in [6.45, 7) is 5.05. The Balaban J connectivity index is 1.66. The maximum atomic E-state index is 13.6. The standard InChI is InChI=1S/C27H32ClN3O5S/c1-19(2)31-23(15-29-27(31)37(33,34)18-20-7-4-9-22(28)13-20)16-30(17-25-11-6-12-36-25)26(32)21-8-5-10-24(14-21)35-3/h4-5,7-10,13-15,19,25H,6,11-12,16-18H2,1-3H3. The predicted octanol–water partition coefficient (Wildman–Crippen LogP) is 4.92. The molecule has 1 atom stereocenters. The molecule has 1 saturated heterocycles. The van der Waals surface area contributed by atoms with Gasteiger partial charge in [-0.1, -0.05) is 29.8 Å². The van der Waals surface area contributed by atoms with Gasteiger partial charge in [0.05, 0.1) is 37.4 Å². The number of aromatic nitrogens is 2. The molecule has 8 nitrogen and oxygen atoms in total. The van der Waals surface area contributed by atoms with Crippen molar-refractivity contribution in [1.29, 1.82) is 0 Å². The lowest BCUT2D eigenvalue weighted by molar-refractivity contribution is 0.0500. The highest BCUT2D eigenvalue weighted by atomic mass is 35.5. The summed E-state index contributed by atoms with van der Waals surface area (Å²) in [5, 5.41) is 0.449. The molecule has 1 fully saturated rings. The van der Waals surface area contributed by atoms with Crippen LogP contribution in [0.4, 0.5) is 0 Å². The number of hydrogen-bond acceptors (Lipinski definition) is 6. The molecule has 1 aliphatic heterocycles. The van der Waals surface area contributed by atoms with Crippen molar-refractivity contribution in [1.82, 2.24) is 14.5 Å². The maximum absolute atomic E-state index is 13.6. The number of carbonyl (C=O) groups is 1. The number of carbonyl (C=O) groups excluding carboxylic acids is 1. The summed E-state index contributed by atoms with van der Waals surface area (Å²) in [7, 11) is -2.22. The number of benzene rings is 2. The Morgan fingerprint density at radius 1 is 1.24 bits per heavy atom. The average Bonchev–Trinajstić information content (AvgIpc) is 3.53. The lowest BCUT2D eigenvalue weighted by Crippen LogP contribution is -2.37. The first-order valence-electron chi connectivity index (χ1n) is 12.3. The molecule has 0 bridgehead atoms. The maximum Gasteiger partial charge on any atom is 0.254 e. The SMILES string of the molecule is COc1cccc(C(=O)N(Cc2cnc(S(=O)(=O)Cc3cccc(Cl)c3)n2C(C)C)CC2CCCO2)c1. The van der Waals surface area contributed by atoms with Crippen LogP contribution in [0.25, 0.3) is 0 Å². The second-order valence-electron chi connectivity index (χ2n) is 9.44. The fraction of sp³-hybridized carbons (Fsp3) is 0.407. The van der Waals surface area contributed by atoms with Crippen LogP contribution in [-0.4, -0.2) is 55.1 Å². The highest BCUT2D eigenvalue weighted by Crippen LogP contribution is 2.25. The number of ether oxygens (including phenoxy) is 2. The van der Waals surface area contributed by atoms with Crippen molar-refractivity contribution in [2.45, 2.75) is 56.3 Å². The first-order valence-corrected chi connectivity index (χ1v) is 14.3. The molecule has 0 radical (unpaired) electrons. The molecule has 10 heteroatoms. The van der Waals surface area contributed by atoms with E-state index in [0.717, 1.165) is 12.8 Å². The summed E-state index contributed by atoms with van der Waals surface area (Å²) in [6.07, 6.45) is 3.29. The number of rotatable bonds is 10. The van der Waals surface area contributed by atoms with Crippen LogP contribution < -0.4 is 4.74 Å². The summed E-state index contributed by atoms with van der Waals surface area (Å²) >= 11 is 6.06. The number of sulfone groups is 1. The van der Waals surface area contributed by atoms with Crippen molar-refractivity contribution in [2.24, 2.45) is 0 Å². The molecule has 4 rings (SSSR count). The molecular weight excluding hydrogens is 514 g/mol. The first kappa shape index (κ1) is 27.2. The Morgan fingerprint density at radius 3 is 2.70 bits per heavy atom. The van der Waals surface area contributed by atoms with E-state index in [1.54, 1.807) is 71.3 Å². The molecule has 1 aliphatic rings. The van der Waals surface area contributed by atoms with E-state index in [1.807, 2.05) is 13.8 Å². The molecule has 0 aliphatic carbocycles. The molecule has 1 amide bonds. The molecular formula is C27H32ClN3O5S. The minimum atomic E-state index is -3.78.